The van der Waals surface area contributed by atoms with E-state index in [0.717, 1.165) is 80.9 Å². The summed E-state index contributed by atoms with van der Waals surface area (Å²) in [5.41, 5.74) is 4.56. The van der Waals surface area contributed by atoms with Crippen molar-refractivity contribution in [1.82, 2.24) is 29.0 Å². The number of nitrogens with zero attached hydrogens (tertiary/aromatic N) is 6. The van der Waals surface area contributed by atoms with Crippen molar-refractivity contribution >= 4 is 29.7 Å². The predicted molar refractivity (Wildman–Crippen MR) is 178 cm³/mol. The van der Waals surface area contributed by atoms with E-state index in [1.54, 1.807) is 6.07 Å². The number of ether oxygens (including phenoxy) is 1. The van der Waals surface area contributed by atoms with E-state index in [2.05, 4.69) is 51.0 Å². The number of rotatable bonds is 13. The highest BCUT2D eigenvalue weighted by molar-refractivity contribution is 7.89. The Morgan fingerprint density at radius 2 is 1.89 bits per heavy atom. The lowest BCUT2D eigenvalue weighted by molar-refractivity contribution is -0.0500. The molecule has 3 aliphatic rings. The lowest BCUT2D eigenvalue weighted by atomic mass is 9.77. The number of sulfonamides is 1. The van der Waals surface area contributed by atoms with Crippen LogP contribution in [0.3, 0.4) is 0 Å². The van der Waals surface area contributed by atoms with E-state index in [-0.39, 0.29) is 30.0 Å². The van der Waals surface area contributed by atoms with Gasteiger partial charge in [0.2, 0.25) is 11.9 Å². The molecule has 11 nitrogen and oxygen atoms in total. The highest BCUT2D eigenvalue weighted by atomic mass is 32.2. The summed E-state index contributed by atoms with van der Waals surface area (Å²) in [5.74, 6) is -0.302. The first-order valence-electron chi connectivity index (χ1n) is 16.4. The molecule has 250 valence electrons. The normalized spacial score (nSPS) is 18.5. The quantitative estimate of drug-likeness (QED) is 0.152. The molecule has 4 heterocycles. The Morgan fingerprint density at radius 3 is 2.59 bits per heavy atom. The Balaban J connectivity index is 1.29. The Bertz CT molecular complexity index is 1650. The largest absolute Gasteiger partial charge is 0.396 e. The second-order valence-electron chi connectivity index (χ2n) is 14.0. The topological polar surface area (TPSA) is 126 Å². The number of pyridine rings is 1. The summed E-state index contributed by atoms with van der Waals surface area (Å²) in [5, 5.41) is 17.0. The second kappa shape index (κ2) is 13.4. The third-order valence-electron chi connectivity index (χ3n) is 9.75. The molecule has 0 atom stereocenters. The van der Waals surface area contributed by atoms with Crippen LogP contribution >= 0.6 is 0 Å². The van der Waals surface area contributed by atoms with Gasteiger partial charge in [0.1, 0.15) is 6.73 Å². The molecule has 0 radical (unpaired) electrons. The number of nitrogens with one attached hydrogen (secondary N) is 1. The van der Waals surface area contributed by atoms with Crippen molar-refractivity contribution < 1.29 is 22.7 Å². The minimum atomic E-state index is -3.97. The zero-order chi connectivity index (χ0) is 32.5. The van der Waals surface area contributed by atoms with Gasteiger partial charge >= 0.3 is 0 Å². The number of benzene rings is 1. The molecule has 0 saturated carbocycles. The highest BCUT2D eigenvalue weighted by Crippen LogP contribution is 2.42. The van der Waals surface area contributed by atoms with E-state index in [0.29, 0.717) is 25.3 Å². The number of piperidine rings is 1. The van der Waals surface area contributed by atoms with Crippen LogP contribution in [0.5, 0.6) is 0 Å². The maximum atomic E-state index is 14.2. The summed E-state index contributed by atoms with van der Waals surface area (Å²) in [6, 6.07) is 8.18. The van der Waals surface area contributed by atoms with Crippen molar-refractivity contribution in [1.29, 1.82) is 0 Å². The molecular formula is C32H46FN7O4SSi. The van der Waals surface area contributed by atoms with E-state index in [1.165, 1.54) is 26.8 Å². The SMILES string of the molecule is C[Si](C)(C)CCOCn1nc(S(=O)(=O)N2CCC3(CCN3CCCO)CC2)nc1Nc1c(-c2ccnc(F)c2)ccc2c1CCC2. The summed E-state index contributed by atoms with van der Waals surface area (Å²) < 4.78 is 51.2. The first-order chi connectivity index (χ1) is 22.0. The zero-order valence-corrected chi connectivity index (χ0v) is 29.0. The monoisotopic (exact) mass is 671 g/mol. The van der Waals surface area contributed by atoms with Crippen molar-refractivity contribution in [2.75, 3.05) is 44.7 Å². The minimum absolute atomic E-state index is 0.0153. The van der Waals surface area contributed by atoms with Crippen molar-refractivity contribution in [2.24, 2.45) is 0 Å². The van der Waals surface area contributed by atoms with Crippen LogP contribution < -0.4 is 5.32 Å². The fourth-order valence-electron chi connectivity index (χ4n) is 6.90. The number of halogens is 1. The molecule has 2 aromatic heterocycles. The second-order valence-corrected chi connectivity index (χ2v) is 21.4. The van der Waals surface area contributed by atoms with Gasteiger partial charge in [0, 0.05) is 70.8 Å². The maximum absolute atomic E-state index is 14.2. The average Bonchev–Trinajstić information content (AvgIpc) is 3.66. The maximum Gasteiger partial charge on any atom is 0.284 e. The number of likely N-dealkylation sites (tertiary alicyclic amines) is 1. The first-order valence-corrected chi connectivity index (χ1v) is 21.6. The van der Waals surface area contributed by atoms with E-state index in [9.17, 15) is 17.9 Å². The van der Waals surface area contributed by atoms with E-state index < -0.39 is 24.0 Å². The Morgan fingerprint density at radius 1 is 1.11 bits per heavy atom. The van der Waals surface area contributed by atoms with Crippen molar-refractivity contribution in [3.63, 3.8) is 0 Å². The van der Waals surface area contributed by atoms with Gasteiger partial charge in [-0.15, -0.1) is 5.10 Å². The van der Waals surface area contributed by atoms with Gasteiger partial charge in [-0.05, 0) is 73.7 Å². The standard InChI is InChI=1S/C32H46FN7O4SSi/c1-46(2,3)21-20-44-23-40-30(35-29-26-7-4-6-24(26)8-9-27(29)25-10-14-34-28(33)22-25)36-31(37-40)45(42,43)39-17-12-32(13-18-39)11-16-38(32)15-5-19-41/h8-10,14,22,41H,4-7,11-13,15-21,23H2,1-3H3,(H,35,36,37). The number of aromatic nitrogens is 4. The van der Waals surface area contributed by atoms with Crippen LogP contribution in [0.15, 0.2) is 35.6 Å². The fraction of sp³-hybridized carbons (Fsp3) is 0.594. The van der Waals surface area contributed by atoms with Gasteiger partial charge in [-0.3, -0.25) is 4.90 Å². The zero-order valence-electron chi connectivity index (χ0n) is 27.1. The summed E-state index contributed by atoms with van der Waals surface area (Å²) >= 11 is 0. The number of hydrogen-bond acceptors (Lipinski definition) is 9. The summed E-state index contributed by atoms with van der Waals surface area (Å²) in [7, 11) is -5.31. The number of anilines is 2. The molecule has 2 N–H and O–H groups in total. The van der Waals surface area contributed by atoms with Crippen LogP contribution in [0.2, 0.25) is 25.7 Å². The van der Waals surface area contributed by atoms with Gasteiger partial charge in [0.25, 0.3) is 15.2 Å². The molecule has 0 bridgehead atoms. The van der Waals surface area contributed by atoms with Gasteiger partial charge in [-0.2, -0.15) is 13.7 Å². The lowest BCUT2D eigenvalue weighted by Gasteiger charge is -2.56. The molecule has 2 aliphatic heterocycles. The van der Waals surface area contributed by atoms with Gasteiger partial charge < -0.3 is 15.2 Å². The first kappa shape index (κ1) is 33.2. The number of aliphatic hydroxyl groups is 1. The van der Waals surface area contributed by atoms with Gasteiger partial charge in [-0.1, -0.05) is 31.8 Å². The van der Waals surface area contributed by atoms with Crippen LogP contribution in [0.25, 0.3) is 11.1 Å². The Labute approximate surface area is 272 Å². The Kier molecular flexibility index (Phi) is 9.66. The molecule has 46 heavy (non-hydrogen) atoms. The molecule has 1 aliphatic carbocycles. The summed E-state index contributed by atoms with van der Waals surface area (Å²) in [6.45, 7) is 10.2. The van der Waals surface area contributed by atoms with Crippen LogP contribution in [-0.4, -0.2) is 95.5 Å². The van der Waals surface area contributed by atoms with E-state index in [4.69, 9.17) is 4.74 Å². The Hall–Kier alpha value is -2.75. The number of aliphatic hydroxyl groups excluding tert-OH is 1. The minimum Gasteiger partial charge on any atom is -0.396 e. The summed E-state index contributed by atoms with van der Waals surface area (Å²) in [4.78, 5) is 10.7. The van der Waals surface area contributed by atoms with Crippen molar-refractivity contribution in [3.05, 3.63) is 47.5 Å². The molecule has 14 heteroatoms. The predicted octanol–water partition coefficient (Wildman–Crippen LogP) is 4.64. The number of hydrogen-bond donors (Lipinski definition) is 2. The van der Waals surface area contributed by atoms with E-state index >= 15 is 0 Å². The van der Waals surface area contributed by atoms with E-state index in [1.807, 2.05) is 6.07 Å². The molecule has 0 unspecified atom stereocenters. The molecule has 2 fully saturated rings. The number of aryl methyl sites for hydroxylation is 1. The van der Waals surface area contributed by atoms with Gasteiger partial charge in [0.05, 0.1) is 5.69 Å². The summed E-state index contributed by atoms with van der Waals surface area (Å²) in [6.07, 6.45) is 7.48. The third-order valence-corrected chi connectivity index (χ3v) is 13.1. The van der Waals surface area contributed by atoms with Gasteiger partial charge in [-0.25, -0.2) is 18.1 Å². The fourth-order valence-corrected chi connectivity index (χ4v) is 8.95. The molecular weight excluding hydrogens is 626 g/mol. The van der Waals surface area contributed by atoms with Crippen LogP contribution in [0, 0.1) is 5.95 Å². The number of fused-ring (bicyclic) bond motifs is 1. The molecule has 3 aromatic rings. The van der Waals surface area contributed by atoms with Crippen LogP contribution in [0.1, 0.15) is 43.2 Å². The van der Waals surface area contributed by atoms with Crippen LogP contribution in [-0.2, 0) is 34.3 Å². The molecule has 1 spiro atoms. The van der Waals surface area contributed by atoms with Crippen LogP contribution in [0.4, 0.5) is 16.0 Å². The molecule has 6 rings (SSSR count). The van der Waals surface area contributed by atoms with Crippen molar-refractivity contribution in [3.8, 4) is 11.1 Å². The average molecular weight is 672 g/mol. The molecule has 0 amide bonds. The highest BCUT2D eigenvalue weighted by Gasteiger charge is 2.48. The molecule has 1 aromatic carbocycles. The van der Waals surface area contributed by atoms with Crippen molar-refractivity contribution in [2.45, 2.75) is 88.1 Å². The lowest BCUT2D eigenvalue weighted by Crippen LogP contribution is -2.64. The molecule has 2 saturated heterocycles. The van der Waals surface area contributed by atoms with Gasteiger partial charge in [0.15, 0.2) is 0 Å². The smallest absolute Gasteiger partial charge is 0.284 e. The third kappa shape index (κ3) is 6.92.